The molecular weight excluding hydrogens is 841 g/mol. The van der Waals surface area contributed by atoms with Crippen molar-refractivity contribution in [2.45, 2.75) is 277 Å². The summed E-state index contributed by atoms with van der Waals surface area (Å²) >= 11 is 0. The molecule has 1 unspecified atom stereocenters. The van der Waals surface area contributed by atoms with E-state index in [1.54, 1.807) is 0 Å². The van der Waals surface area contributed by atoms with Crippen LogP contribution in [0.1, 0.15) is 271 Å². The monoisotopic (exact) mass is 947 g/mol. The van der Waals surface area contributed by atoms with Crippen molar-refractivity contribution < 1.29 is 28.6 Å². The molecule has 0 aromatic carbocycles. The standard InChI is InChI=1S/C62H106O6/c1-4-7-10-13-16-19-22-25-28-30-32-34-37-40-43-46-49-52-55-61(64)67-58-59(57-66-60(63)54-51-48-45-42-39-36-33-27-24-21-18-15-12-9-6-3)68-62(65)56-53-50-47-44-41-38-35-31-29-26-23-20-17-14-11-8-5-2/h10,13,16,19,21-22,24-26,28-30,32,34,59H,4-9,11-12,14-15,17-18,20,23,27,31,33,35-58H2,1-3H3/b13-10-,19-16-,24-21-,25-22-,29-26-,30-28-,34-32-. The van der Waals surface area contributed by atoms with Crippen molar-refractivity contribution in [2.75, 3.05) is 13.2 Å². The van der Waals surface area contributed by atoms with Crippen LogP contribution in [-0.2, 0) is 28.6 Å². The highest BCUT2D eigenvalue weighted by atomic mass is 16.6. The van der Waals surface area contributed by atoms with E-state index in [4.69, 9.17) is 14.2 Å². The Hall–Kier alpha value is -3.41. The number of hydrogen-bond acceptors (Lipinski definition) is 6. The van der Waals surface area contributed by atoms with Gasteiger partial charge in [0, 0.05) is 19.3 Å². The Balaban J connectivity index is 4.45. The van der Waals surface area contributed by atoms with Crippen LogP contribution in [0.25, 0.3) is 0 Å². The van der Waals surface area contributed by atoms with Gasteiger partial charge in [-0.15, -0.1) is 0 Å². The fourth-order valence-corrected chi connectivity index (χ4v) is 7.87. The number of esters is 3. The molecule has 68 heavy (non-hydrogen) atoms. The molecule has 0 N–H and O–H groups in total. The summed E-state index contributed by atoms with van der Waals surface area (Å²) in [4.78, 5) is 38.2. The Morgan fingerprint density at radius 1 is 0.294 bits per heavy atom. The van der Waals surface area contributed by atoms with Crippen molar-refractivity contribution >= 4 is 17.9 Å². The van der Waals surface area contributed by atoms with Gasteiger partial charge in [0.2, 0.25) is 0 Å². The number of allylic oxidation sites excluding steroid dienone is 14. The number of carbonyl (C=O) groups is 3. The van der Waals surface area contributed by atoms with Gasteiger partial charge in [-0.05, 0) is 89.9 Å². The fourth-order valence-electron chi connectivity index (χ4n) is 7.87. The summed E-state index contributed by atoms with van der Waals surface area (Å²) < 4.78 is 16.8. The minimum absolute atomic E-state index is 0.0887. The molecule has 0 amide bonds. The van der Waals surface area contributed by atoms with Crippen molar-refractivity contribution in [1.29, 1.82) is 0 Å². The van der Waals surface area contributed by atoms with Gasteiger partial charge in [0.15, 0.2) is 6.10 Å². The molecule has 0 radical (unpaired) electrons. The molecule has 0 rings (SSSR count). The molecule has 0 spiro atoms. The Morgan fingerprint density at radius 3 is 0.941 bits per heavy atom. The van der Waals surface area contributed by atoms with Crippen LogP contribution in [0, 0.1) is 0 Å². The molecule has 0 aliphatic rings. The summed E-state index contributed by atoms with van der Waals surface area (Å²) in [5.74, 6) is -0.917. The predicted molar refractivity (Wildman–Crippen MR) is 293 cm³/mol. The molecule has 6 heteroatoms. The van der Waals surface area contributed by atoms with Crippen LogP contribution >= 0.6 is 0 Å². The quantitative estimate of drug-likeness (QED) is 0.0199. The third-order valence-corrected chi connectivity index (χ3v) is 12.2. The average Bonchev–Trinajstić information content (AvgIpc) is 3.34. The molecule has 0 aliphatic heterocycles. The minimum Gasteiger partial charge on any atom is -0.462 e. The van der Waals surface area contributed by atoms with Gasteiger partial charge in [-0.2, -0.15) is 0 Å². The van der Waals surface area contributed by atoms with E-state index < -0.39 is 6.10 Å². The largest absolute Gasteiger partial charge is 0.462 e. The van der Waals surface area contributed by atoms with Gasteiger partial charge in [-0.3, -0.25) is 14.4 Å². The van der Waals surface area contributed by atoms with E-state index in [1.807, 2.05) is 24.3 Å². The van der Waals surface area contributed by atoms with E-state index >= 15 is 0 Å². The number of hydrogen-bond donors (Lipinski definition) is 0. The summed E-state index contributed by atoms with van der Waals surface area (Å²) in [5, 5.41) is 0. The molecule has 0 aliphatic carbocycles. The van der Waals surface area contributed by atoms with Crippen LogP contribution in [0.5, 0.6) is 0 Å². The molecule has 6 nitrogen and oxygen atoms in total. The van der Waals surface area contributed by atoms with Crippen molar-refractivity contribution in [3.63, 3.8) is 0 Å². The van der Waals surface area contributed by atoms with Gasteiger partial charge >= 0.3 is 17.9 Å². The topological polar surface area (TPSA) is 78.9 Å². The first kappa shape index (κ1) is 64.6. The van der Waals surface area contributed by atoms with Gasteiger partial charge < -0.3 is 14.2 Å². The zero-order chi connectivity index (χ0) is 49.3. The lowest BCUT2D eigenvalue weighted by Gasteiger charge is -2.18. The van der Waals surface area contributed by atoms with E-state index in [0.717, 1.165) is 83.5 Å². The minimum atomic E-state index is -0.792. The molecule has 1 atom stereocenters. The molecule has 0 saturated carbocycles. The molecule has 0 saturated heterocycles. The highest BCUT2D eigenvalue weighted by molar-refractivity contribution is 5.71. The van der Waals surface area contributed by atoms with Crippen molar-refractivity contribution in [3.8, 4) is 0 Å². The number of unbranched alkanes of at least 4 members (excludes halogenated alkanes) is 30. The van der Waals surface area contributed by atoms with Crippen molar-refractivity contribution in [3.05, 3.63) is 85.1 Å². The molecule has 390 valence electrons. The Labute approximate surface area is 420 Å². The first-order chi connectivity index (χ1) is 33.5. The molecule has 0 aromatic rings. The van der Waals surface area contributed by atoms with E-state index in [1.165, 1.54) is 148 Å². The van der Waals surface area contributed by atoms with Gasteiger partial charge in [-0.25, -0.2) is 0 Å². The normalized spacial score (nSPS) is 12.7. The highest BCUT2D eigenvalue weighted by Gasteiger charge is 2.19. The number of carbonyl (C=O) groups excluding carboxylic acids is 3. The van der Waals surface area contributed by atoms with Crippen LogP contribution in [0.3, 0.4) is 0 Å². The van der Waals surface area contributed by atoms with Crippen molar-refractivity contribution in [1.82, 2.24) is 0 Å². The third-order valence-electron chi connectivity index (χ3n) is 12.2. The number of rotatable bonds is 51. The zero-order valence-corrected chi connectivity index (χ0v) is 44.6. The maximum Gasteiger partial charge on any atom is 0.306 e. The van der Waals surface area contributed by atoms with Gasteiger partial charge in [-0.1, -0.05) is 247 Å². The zero-order valence-electron chi connectivity index (χ0n) is 44.6. The summed E-state index contributed by atoms with van der Waals surface area (Å²) in [6, 6.07) is 0. The van der Waals surface area contributed by atoms with Crippen molar-refractivity contribution in [2.24, 2.45) is 0 Å². The van der Waals surface area contributed by atoms with Crippen LogP contribution in [0.4, 0.5) is 0 Å². The smallest absolute Gasteiger partial charge is 0.306 e. The maximum absolute atomic E-state index is 12.9. The van der Waals surface area contributed by atoms with Crippen LogP contribution in [-0.4, -0.2) is 37.2 Å². The predicted octanol–water partition coefficient (Wildman–Crippen LogP) is 19.2. The van der Waals surface area contributed by atoms with Gasteiger partial charge in [0.05, 0.1) is 0 Å². The SMILES string of the molecule is CCC\C=C/C=C\C=C/C=C\C=C/CCCCCCCC(=O)OCC(COC(=O)CCCCCCCCC/C=C\CCCCCC)OC(=O)CCCCCCCCC/C=C\CCCCCCCC. The summed E-state index contributed by atoms with van der Waals surface area (Å²) in [6.45, 7) is 6.52. The molecule has 0 bridgehead atoms. The van der Waals surface area contributed by atoms with E-state index in [9.17, 15) is 14.4 Å². The summed E-state index contributed by atoms with van der Waals surface area (Å²) in [5.41, 5.74) is 0. The lowest BCUT2D eigenvalue weighted by molar-refractivity contribution is -0.167. The first-order valence-electron chi connectivity index (χ1n) is 28.7. The Bertz CT molecular complexity index is 1320. The molecule has 0 aromatic heterocycles. The average molecular weight is 948 g/mol. The summed E-state index contributed by atoms with van der Waals surface area (Å²) in [7, 11) is 0. The molecular formula is C62H106O6. The Morgan fingerprint density at radius 2 is 0.574 bits per heavy atom. The second-order valence-electron chi connectivity index (χ2n) is 19.0. The van der Waals surface area contributed by atoms with Crippen LogP contribution in [0.2, 0.25) is 0 Å². The second-order valence-corrected chi connectivity index (χ2v) is 19.0. The van der Waals surface area contributed by atoms with Crippen LogP contribution < -0.4 is 0 Å². The highest BCUT2D eigenvalue weighted by Crippen LogP contribution is 2.15. The second kappa shape index (κ2) is 56.2. The Kier molecular flexibility index (Phi) is 53.4. The van der Waals surface area contributed by atoms with Crippen LogP contribution in [0.15, 0.2) is 85.1 Å². The lowest BCUT2D eigenvalue weighted by atomic mass is 10.1. The molecule has 0 fully saturated rings. The third kappa shape index (κ3) is 53.5. The fraction of sp³-hybridized carbons (Fsp3) is 0.726. The summed E-state index contributed by atoms with van der Waals surface area (Å²) in [6.07, 6.45) is 72.7. The van der Waals surface area contributed by atoms with E-state index in [0.29, 0.717) is 19.3 Å². The van der Waals surface area contributed by atoms with E-state index in [2.05, 4.69) is 81.5 Å². The van der Waals surface area contributed by atoms with Gasteiger partial charge in [0.1, 0.15) is 13.2 Å². The van der Waals surface area contributed by atoms with E-state index in [-0.39, 0.29) is 31.1 Å². The maximum atomic E-state index is 12.9. The molecule has 0 heterocycles. The lowest BCUT2D eigenvalue weighted by Crippen LogP contribution is -2.30. The number of ether oxygens (including phenoxy) is 3. The van der Waals surface area contributed by atoms with Gasteiger partial charge in [0.25, 0.3) is 0 Å². The first-order valence-corrected chi connectivity index (χ1v) is 28.7.